The molecule has 0 radical (unpaired) electrons. The van der Waals surface area contributed by atoms with Crippen LogP contribution in [0.1, 0.15) is 73.4 Å². The molecule has 0 aliphatic heterocycles. The lowest BCUT2D eigenvalue weighted by molar-refractivity contribution is 0.0955. The second-order valence-corrected chi connectivity index (χ2v) is 7.05. The molecule has 27 heavy (non-hydrogen) atoms. The third-order valence-corrected chi connectivity index (χ3v) is 5.16. The highest BCUT2D eigenvalue weighted by Crippen LogP contribution is 2.32. The normalized spacial score (nSPS) is 15.4. The largest absolute Gasteiger partial charge is 0.494 e. The third kappa shape index (κ3) is 5.19. The van der Waals surface area contributed by atoms with E-state index in [1.807, 2.05) is 13.8 Å². The summed E-state index contributed by atoms with van der Waals surface area (Å²) in [6, 6.07) is 15.7. The summed E-state index contributed by atoms with van der Waals surface area (Å²) >= 11 is 0. The van der Waals surface area contributed by atoms with Gasteiger partial charge in [-0.2, -0.15) is 5.10 Å². The van der Waals surface area contributed by atoms with E-state index in [1.54, 1.807) is 24.3 Å². The second-order valence-electron chi connectivity index (χ2n) is 7.05. The summed E-state index contributed by atoms with van der Waals surface area (Å²) in [5.41, 5.74) is 6.44. The van der Waals surface area contributed by atoms with Crippen LogP contribution >= 0.6 is 0 Å². The van der Waals surface area contributed by atoms with Gasteiger partial charge in [-0.3, -0.25) is 4.79 Å². The van der Waals surface area contributed by atoms with Crippen LogP contribution in [0.5, 0.6) is 5.75 Å². The van der Waals surface area contributed by atoms with E-state index < -0.39 is 0 Å². The molecule has 3 rings (SSSR count). The molecule has 0 atom stereocenters. The van der Waals surface area contributed by atoms with Gasteiger partial charge in [0.15, 0.2) is 0 Å². The zero-order chi connectivity index (χ0) is 19.1. The number of hydrogen-bond acceptors (Lipinski definition) is 3. The van der Waals surface area contributed by atoms with E-state index in [2.05, 4.69) is 34.8 Å². The maximum Gasteiger partial charge on any atom is 0.271 e. The molecule has 0 aromatic heterocycles. The number of ether oxygens (including phenoxy) is 1. The molecule has 1 aliphatic rings. The van der Waals surface area contributed by atoms with Crippen molar-refractivity contribution in [3.05, 3.63) is 65.2 Å². The van der Waals surface area contributed by atoms with E-state index in [4.69, 9.17) is 4.74 Å². The van der Waals surface area contributed by atoms with Gasteiger partial charge in [0.05, 0.1) is 12.3 Å². The number of nitrogens with one attached hydrogen (secondary N) is 1. The quantitative estimate of drug-likeness (QED) is 0.559. The minimum absolute atomic E-state index is 0.226. The maximum atomic E-state index is 12.3. The highest BCUT2D eigenvalue weighted by atomic mass is 16.5. The fourth-order valence-corrected chi connectivity index (χ4v) is 3.57. The smallest absolute Gasteiger partial charge is 0.271 e. The molecule has 142 valence electrons. The molecule has 0 unspecified atom stereocenters. The van der Waals surface area contributed by atoms with Crippen molar-refractivity contribution in [1.29, 1.82) is 0 Å². The molecule has 2 aromatic carbocycles. The van der Waals surface area contributed by atoms with Crippen molar-refractivity contribution in [2.24, 2.45) is 5.10 Å². The van der Waals surface area contributed by atoms with Gasteiger partial charge < -0.3 is 4.74 Å². The number of hydrazone groups is 1. The van der Waals surface area contributed by atoms with E-state index in [0.29, 0.717) is 18.1 Å². The lowest BCUT2D eigenvalue weighted by Crippen LogP contribution is -2.19. The van der Waals surface area contributed by atoms with Crippen LogP contribution in [0.15, 0.2) is 53.6 Å². The zero-order valence-corrected chi connectivity index (χ0v) is 16.2. The summed E-state index contributed by atoms with van der Waals surface area (Å²) in [5.74, 6) is 1.23. The number of rotatable bonds is 6. The average molecular weight is 364 g/mol. The van der Waals surface area contributed by atoms with Crippen LogP contribution in [0.25, 0.3) is 0 Å². The van der Waals surface area contributed by atoms with Gasteiger partial charge in [0.1, 0.15) is 5.75 Å². The van der Waals surface area contributed by atoms with Crippen molar-refractivity contribution in [3.8, 4) is 5.75 Å². The van der Waals surface area contributed by atoms with Crippen LogP contribution in [0.3, 0.4) is 0 Å². The fraction of sp³-hybridized carbons (Fsp3) is 0.391. The minimum Gasteiger partial charge on any atom is -0.494 e. The van der Waals surface area contributed by atoms with E-state index >= 15 is 0 Å². The van der Waals surface area contributed by atoms with Crippen molar-refractivity contribution in [3.63, 3.8) is 0 Å². The van der Waals surface area contributed by atoms with Gasteiger partial charge in [0.2, 0.25) is 0 Å². The average Bonchev–Trinajstić information content (AvgIpc) is 2.73. The molecule has 1 aliphatic carbocycles. The molecular weight excluding hydrogens is 336 g/mol. The highest BCUT2D eigenvalue weighted by Gasteiger charge is 2.15. The molecule has 0 saturated heterocycles. The molecular formula is C23H28N2O2. The van der Waals surface area contributed by atoms with Gasteiger partial charge in [0.25, 0.3) is 5.91 Å². The number of amides is 1. The summed E-state index contributed by atoms with van der Waals surface area (Å²) in [5, 5.41) is 4.26. The van der Waals surface area contributed by atoms with Crippen LogP contribution in [-0.2, 0) is 0 Å². The molecule has 1 N–H and O–H groups in total. The Labute approximate surface area is 161 Å². The first-order chi connectivity index (χ1) is 13.2. The van der Waals surface area contributed by atoms with Crippen molar-refractivity contribution in [1.82, 2.24) is 5.43 Å². The summed E-state index contributed by atoms with van der Waals surface area (Å²) in [7, 11) is 0. The van der Waals surface area contributed by atoms with Gasteiger partial charge >= 0.3 is 0 Å². The number of hydrogen-bond donors (Lipinski definition) is 1. The Hall–Kier alpha value is -2.62. The van der Waals surface area contributed by atoms with Crippen molar-refractivity contribution in [2.75, 3.05) is 6.61 Å². The van der Waals surface area contributed by atoms with Crippen LogP contribution in [-0.4, -0.2) is 18.2 Å². The monoisotopic (exact) mass is 364 g/mol. The second kappa shape index (κ2) is 9.36. The summed E-state index contributed by atoms with van der Waals surface area (Å²) in [6.07, 6.45) is 6.64. The summed E-state index contributed by atoms with van der Waals surface area (Å²) in [4.78, 5) is 12.3. The Morgan fingerprint density at radius 2 is 1.63 bits per heavy atom. The Kier molecular flexibility index (Phi) is 6.64. The Morgan fingerprint density at radius 3 is 2.26 bits per heavy atom. The first kappa shape index (κ1) is 19.2. The minimum atomic E-state index is -0.226. The Balaban J connectivity index is 1.60. The molecule has 2 aromatic rings. The molecule has 1 fully saturated rings. The molecule has 0 bridgehead atoms. The zero-order valence-electron chi connectivity index (χ0n) is 16.2. The Bertz CT molecular complexity index is 773. The predicted molar refractivity (Wildman–Crippen MR) is 110 cm³/mol. The van der Waals surface area contributed by atoms with Crippen molar-refractivity contribution < 1.29 is 9.53 Å². The molecule has 4 nitrogen and oxygen atoms in total. The van der Waals surface area contributed by atoms with Crippen LogP contribution in [0.2, 0.25) is 0 Å². The van der Waals surface area contributed by atoms with Gasteiger partial charge in [-0.05, 0) is 68.0 Å². The first-order valence-corrected chi connectivity index (χ1v) is 9.85. The van der Waals surface area contributed by atoms with E-state index in [9.17, 15) is 4.79 Å². The van der Waals surface area contributed by atoms with Gasteiger partial charge in [-0.1, -0.05) is 43.5 Å². The summed E-state index contributed by atoms with van der Waals surface area (Å²) in [6.45, 7) is 4.45. The Morgan fingerprint density at radius 1 is 1.00 bits per heavy atom. The van der Waals surface area contributed by atoms with Crippen molar-refractivity contribution >= 4 is 11.6 Å². The fourth-order valence-electron chi connectivity index (χ4n) is 3.57. The van der Waals surface area contributed by atoms with Crippen LogP contribution in [0.4, 0.5) is 0 Å². The van der Waals surface area contributed by atoms with Crippen molar-refractivity contribution in [2.45, 2.75) is 51.9 Å². The van der Waals surface area contributed by atoms with Crippen LogP contribution < -0.4 is 10.2 Å². The lowest BCUT2D eigenvalue weighted by atomic mass is 9.84. The van der Waals surface area contributed by atoms with Gasteiger partial charge in [0, 0.05) is 5.56 Å². The molecule has 4 heteroatoms. The third-order valence-electron chi connectivity index (χ3n) is 5.16. The topological polar surface area (TPSA) is 50.7 Å². The predicted octanol–water partition coefficient (Wildman–Crippen LogP) is 5.29. The molecule has 0 heterocycles. The molecule has 0 spiro atoms. The maximum absolute atomic E-state index is 12.3. The standard InChI is InChI=1S/C23H28N2O2/c1-3-27-22-15-13-21(14-16-22)23(26)25-24-17(2)18-9-11-20(12-10-18)19-7-5-4-6-8-19/h9-16,19H,3-8H2,1-2H3,(H,25,26)/b24-17+. The van der Waals surface area contributed by atoms with Gasteiger partial charge in [-0.25, -0.2) is 5.43 Å². The number of carbonyl (C=O) groups excluding carboxylic acids is 1. The SMILES string of the molecule is CCOc1ccc(C(=O)N/N=C(\C)c2ccc(C3CCCCC3)cc2)cc1. The lowest BCUT2D eigenvalue weighted by Gasteiger charge is -2.22. The molecule has 1 saturated carbocycles. The number of nitrogens with zero attached hydrogens (tertiary/aromatic N) is 1. The van der Waals surface area contributed by atoms with Gasteiger partial charge in [-0.15, -0.1) is 0 Å². The number of carbonyl (C=O) groups is 1. The van der Waals surface area contributed by atoms with E-state index in [-0.39, 0.29) is 5.91 Å². The van der Waals surface area contributed by atoms with Crippen LogP contribution in [0, 0.1) is 0 Å². The molecule has 1 amide bonds. The number of benzene rings is 2. The first-order valence-electron chi connectivity index (χ1n) is 9.85. The van der Waals surface area contributed by atoms with E-state index in [1.165, 1.54) is 37.7 Å². The van der Waals surface area contributed by atoms with E-state index in [0.717, 1.165) is 17.0 Å². The summed E-state index contributed by atoms with van der Waals surface area (Å²) < 4.78 is 5.39. The highest BCUT2D eigenvalue weighted by molar-refractivity contribution is 6.00.